The molecule has 0 spiro atoms. The van der Waals surface area contributed by atoms with Crippen molar-refractivity contribution in [2.75, 3.05) is 24.2 Å². The number of benzene rings is 2. The number of pyridine rings is 1. The Hall–Kier alpha value is -3.38. The molecular weight excluding hydrogens is 400 g/mol. The zero-order chi connectivity index (χ0) is 22.7. The summed E-state index contributed by atoms with van der Waals surface area (Å²) < 4.78 is 0. The van der Waals surface area contributed by atoms with Crippen LogP contribution in [0.3, 0.4) is 0 Å². The van der Waals surface area contributed by atoms with Crippen LogP contribution in [0.2, 0.25) is 0 Å². The second-order valence-corrected chi connectivity index (χ2v) is 8.70. The number of hydrogen-bond acceptors (Lipinski definition) is 5. The number of aromatic nitrogens is 1. The van der Waals surface area contributed by atoms with E-state index in [1.54, 1.807) is 6.20 Å². The first-order valence-electron chi connectivity index (χ1n) is 11.0. The number of anilines is 2. The molecule has 0 bridgehead atoms. The molecule has 0 saturated heterocycles. The van der Waals surface area contributed by atoms with Gasteiger partial charge in [-0.1, -0.05) is 44.2 Å². The lowest BCUT2D eigenvalue weighted by atomic mass is 10.0. The molecule has 1 aromatic heterocycles. The number of nitrogens with one attached hydrogen (secondary N) is 2. The Morgan fingerprint density at radius 2 is 1.94 bits per heavy atom. The highest BCUT2D eigenvalue weighted by Crippen LogP contribution is 2.34. The molecule has 0 amide bonds. The van der Waals surface area contributed by atoms with Crippen LogP contribution in [0.5, 0.6) is 0 Å². The van der Waals surface area contributed by atoms with E-state index in [2.05, 4.69) is 83.9 Å². The van der Waals surface area contributed by atoms with Gasteiger partial charge in [-0.2, -0.15) is 0 Å². The van der Waals surface area contributed by atoms with Crippen molar-refractivity contribution in [3.63, 3.8) is 0 Å². The van der Waals surface area contributed by atoms with E-state index >= 15 is 0 Å². The summed E-state index contributed by atoms with van der Waals surface area (Å²) in [6.45, 7) is 6.68. The monoisotopic (exact) mass is 430 g/mol. The zero-order valence-corrected chi connectivity index (χ0v) is 18.8. The molecule has 0 unspecified atom stereocenters. The number of carboxylic acids is 1. The van der Waals surface area contributed by atoms with Crippen LogP contribution >= 0.6 is 0 Å². The highest BCUT2D eigenvalue weighted by molar-refractivity contribution is 5.93. The van der Waals surface area contributed by atoms with Crippen molar-refractivity contribution in [2.24, 2.45) is 0 Å². The van der Waals surface area contributed by atoms with Crippen molar-refractivity contribution < 1.29 is 9.90 Å². The van der Waals surface area contributed by atoms with E-state index in [0.717, 1.165) is 18.8 Å². The first kappa shape index (κ1) is 21.8. The number of rotatable bonds is 8. The molecule has 0 fully saturated rings. The van der Waals surface area contributed by atoms with Gasteiger partial charge in [-0.25, -0.2) is 4.79 Å². The molecule has 2 aromatic carbocycles. The van der Waals surface area contributed by atoms with Gasteiger partial charge in [-0.05, 0) is 53.4 Å². The molecule has 3 N–H and O–H groups in total. The average molecular weight is 431 g/mol. The quantitative estimate of drug-likeness (QED) is 0.461. The van der Waals surface area contributed by atoms with Gasteiger partial charge in [0.25, 0.3) is 0 Å². The fourth-order valence-corrected chi connectivity index (χ4v) is 4.21. The van der Waals surface area contributed by atoms with Crippen LogP contribution in [0.1, 0.15) is 58.4 Å². The molecule has 4 rings (SSSR count). The third kappa shape index (κ3) is 4.75. The van der Waals surface area contributed by atoms with Crippen LogP contribution in [0.25, 0.3) is 0 Å². The normalized spacial score (nSPS) is 15.6. The Bertz CT molecular complexity index is 1100. The van der Waals surface area contributed by atoms with Crippen LogP contribution in [-0.4, -0.2) is 34.6 Å². The number of carboxylic acid groups (broad SMARTS) is 1. The maximum absolute atomic E-state index is 11.4. The van der Waals surface area contributed by atoms with Crippen LogP contribution in [0.15, 0.2) is 60.9 Å². The predicted octanol–water partition coefficient (Wildman–Crippen LogP) is 5.11. The number of fused-ring (bicyclic) bond motifs is 1. The Morgan fingerprint density at radius 3 is 2.66 bits per heavy atom. The summed E-state index contributed by atoms with van der Waals surface area (Å²) >= 11 is 0. The number of carbonyl (C=O) groups is 1. The van der Waals surface area contributed by atoms with Crippen molar-refractivity contribution in [3.8, 4) is 0 Å². The number of hydrogen-bond donors (Lipinski definition) is 3. The minimum absolute atomic E-state index is 0.171. The lowest BCUT2D eigenvalue weighted by molar-refractivity contribution is 0.0697. The Balaban J connectivity index is 1.41. The van der Waals surface area contributed by atoms with Gasteiger partial charge >= 0.3 is 5.97 Å². The topological polar surface area (TPSA) is 77.5 Å². The molecule has 1 atom stereocenters. The predicted molar refractivity (Wildman–Crippen MR) is 128 cm³/mol. The fourth-order valence-electron chi connectivity index (χ4n) is 4.21. The van der Waals surface area contributed by atoms with Gasteiger partial charge in [-0.15, -0.1) is 0 Å². The third-order valence-electron chi connectivity index (χ3n) is 6.13. The summed E-state index contributed by atoms with van der Waals surface area (Å²) in [6.07, 6.45) is 3.07. The summed E-state index contributed by atoms with van der Waals surface area (Å²) in [5.74, 6) is -0.411. The van der Waals surface area contributed by atoms with Gasteiger partial charge in [0.2, 0.25) is 0 Å². The minimum Gasteiger partial charge on any atom is -0.478 e. The van der Waals surface area contributed by atoms with Crippen LogP contribution < -0.4 is 10.6 Å². The van der Waals surface area contributed by atoms with Gasteiger partial charge in [-0.3, -0.25) is 9.88 Å². The van der Waals surface area contributed by atoms with Gasteiger partial charge in [0.15, 0.2) is 0 Å². The van der Waals surface area contributed by atoms with E-state index in [1.165, 1.54) is 34.5 Å². The van der Waals surface area contributed by atoms with E-state index in [4.69, 9.17) is 0 Å². The van der Waals surface area contributed by atoms with E-state index in [-0.39, 0.29) is 11.6 Å². The first-order chi connectivity index (χ1) is 15.4. The highest BCUT2D eigenvalue weighted by atomic mass is 16.4. The SMILES string of the molecule is CC(C)c1ccc(CNc2ccc3c(c2)CN(C)[C@@H]3CNc2cnccc2C(=O)O)cc1. The Morgan fingerprint density at radius 1 is 1.16 bits per heavy atom. The van der Waals surface area contributed by atoms with Crippen LogP contribution in [-0.2, 0) is 13.1 Å². The molecule has 0 radical (unpaired) electrons. The largest absolute Gasteiger partial charge is 0.478 e. The van der Waals surface area contributed by atoms with E-state index in [9.17, 15) is 9.90 Å². The second-order valence-electron chi connectivity index (χ2n) is 8.70. The fraction of sp³-hybridized carbons (Fsp3) is 0.308. The molecule has 1 aliphatic rings. The lowest BCUT2D eigenvalue weighted by Crippen LogP contribution is -2.24. The molecule has 32 heavy (non-hydrogen) atoms. The van der Waals surface area contributed by atoms with Crippen molar-refractivity contribution in [3.05, 3.63) is 88.7 Å². The smallest absolute Gasteiger partial charge is 0.337 e. The third-order valence-corrected chi connectivity index (χ3v) is 6.13. The standard InChI is InChI=1S/C26H30N4O2/c1-17(2)19-6-4-18(5-7-19)13-28-21-8-9-22-20(12-21)16-30(3)25(22)15-29-24-14-27-11-10-23(24)26(31)32/h4-12,14,17,25,28-29H,13,15-16H2,1-3H3,(H,31,32)/t25-/m1/s1. The molecule has 0 aliphatic carbocycles. The molecule has 6 heteroatoms. The lowest BCUT2D eigenvalue weighted by Gasteiger charge is -2.22. The van der Waals surface area contributed by atoms with Gasteiger partial charge < -0.3 is 15.7 Å². The Kier molecular flexibility index (Phi) is 6.42. The summed E-state index contributed by atoms with van der Waals surface area (Å²) in [7, 11) is 2.09. The maximum Gasteiger partial charge on any atom is 0.337 e. The zero-order valence-electron chi connectivity index (χ0n) is 18.8. The van der Waals surface area contributed by atoms with Gasteiger partial charge in [0, 0.05) is 31.5 Å². The van der Waals surface area contributed by atoms with Gasteiger partial charge in [0.1, 0.15) is 0 Å². The first-order valence-corrected chi connectivity index (χ1v) is 11.0. The van der Waals surface area contributed by atoms with Crippen molar-refractivity contribution in [2.45, 2.75) is 38.9 Å². The average Bonchev–Trinajstić information content (AvgIpc) is 3.10. The summed E-state index contributed by atoms with van der Waals surface area (Å²) in [5.41, 5.74) is 7.08. The number of aromatic carboxylic acids is 1. The molecular formula is C26H30N4O2. The highest BCUT2D eigenvalue weighted by Gasteiger charge is 2.27. The van der Waals surface area contributed by atoms with Crippen molar-refractivity contribution >= 4 is 17.3 Å². The van der Waals surface area contributed by atoms with Gasteiger partial charge in [0.05, 0.1) is 23.5 Å². The summed E-state index contributed by atoms with van der Waals surface area (Å²) in [6, 6.07) is 17.0. The number of nitrogens with zero attached hydrogens (tertiary/aromatic N) is 2. The summed E-state index contributed by atoms with van der Waals surface area (Å²) in [5, 5.41) is 16.2. The molecule has 3 aromatic rings. The summed E-state index contributed by atoms with van der Waals surface area (Å²) in [4.78, 5) is 17.8. The van der Waals surface area contributed by atoms with E-state index in [1.807, 2.05) is 0 Å². The van der Waals surface area contributed by atoms with Crippen molar-refractivity contribution in [1.82, 2.24) is 9.88 Å². The molecule has 0 saturated carbocycles. The molecule has 1 aliphatic heterocycles. The van der Waals surface area contributed by atoms with Crippen LogP contribution in [0.4, 0.5) is 11.4 Å². The minimum atomic E-state index is -0.954. The molecule has 2 heterocycles. The van der Waals surface area contributed by atoms with E-state index < -0.39 is 5.97 Å². The molecule has 166 valence electrons. The molecule has 6 nitrogen and oxygen atoms in total. The number of likely N-dealkylation sites (N-methyl/N-ethyl adjacent to an activating group) is 1. The van der Waals surface area contributed by atoms with Crippen molar-refractivity contribution in [1.29, 1.82) is 0 Å². The Labute approximate surface area is 189 Å². The maximum atomic E-state index is 11.4. The second kappa shape index (κ2) is 9.40. The van der Waals surface area contributed by atoms with Crippen LogP contribution in [0, 0.1) is 0 Å². The van der Waals surface area contributed by atoms with E-state index in [0.29, 0.717) is 18.2 Å².